The summed E-state index contributed by atoms with van der Waals surface area (Å²) in [6.07, 6.45) is 2.52. The predicted molar refractivity (Wildman–Crippen MR) is 139 cm³/mol. The lowest BCUT2D eigenvalue weighted by Crippen LogP contribution is -2.53. The largest absolute Gasteiger partial charge is 0.508 e. The first-order valence-electron chi connectivity index (χ1n) is 12.8. The van der Waals surface area contributed by atoms with E-state index in [0.717, 1.165) is 36.9 Å². The van der Waals surface area contributed by atoms with Gasteiger partial charge in [0.2, 0.25) is 0 Å². The van der Waals surface area contributed by atoms with Crippen LogP contribution >= 0.6 is 11.6 Å². The number of hydrogen-bond donors (Lipinski definition) is 2. The molecular formula is C28H30ClFN4O3. The Bertz CT molecular complexity index is 1420. The molecule has 2 aromatic carbocycles. The average Bonchev–Trinajstić information content (AvgIpc) is 3.29. The van der Waals surface area contributed by atoms with Gasteiger partial charge in [-0.05, 0) is 74.2 Å². The lowest BCUT2D eigenvalue weighted by Gasteiger charge is -2.42. The Labute approximate surface area is 219 Å². The summed E-state index contributed by atoms with van der Waals surface area (Å²) < 4.78 is 14.3. The van der Waals surface area contributed by atoms with Gasteiger partial charge in [0.25, 0.3) is 5.91 Å². The van der Waals surface area contributed by atoms with Crippen LogP contribution in [0.1, 0.15) is 49.6 Å². The second-order valence-electron chi connectivity index (χ2n) is 10.9. The van der Waals surface area contributed by atoms with Gasteiger partial charge >= 0.3 is 6.03 Å². The molecule has 2 atom stereocenters. The summed E-state index contributed by atoms with van der Waals surface area (Å²) >= 11 is 6.14. The Balaban J connectivity index is 1.42. The summed E-state index contributed by atoms with van der Waals surface area (Å²) in [7, 11) is 0. The van der Waals surface area contributed by atoms with Crippen LogP contribution < -0.4 is 0 Å². The highest BCUT2D eigenvalue weighted by Gasteiger charge is 2.60. The third-order valence-electron chi connectivity index (χ3n) is 8.41. The minimum atomic E-state index is -1.13. The van der Waals surface area contributed by atoms with Gasteiger partial charge in [-0.25, -0.2) is 9.18 Å². The fourth-order valence-electron chi connectivity index (χ4n) is 6.28. The van der Waals surface area contributed by atoms with E-state index in [-0.39, 0.29) is 29.1 Å². The fourth-order valence-corrected chi connectivity index (χ4v) is 6.44. The smallest absolute Gasteiger partial charge is 0.328 e. The van der Waals surface area contributed by atoms with Gasteiger partial charge in [0, 0.05) is 36.1 Å². The zero-order chi connectivity index (χ0) is 26.1. The first-order valence-corrected chi connectivity index (χ1v) is 13.2. The van der Waals surface area contributed by atoms with Crippen LogP contribution in [0.4, 0.5) is 9.18 Å². The molecule has 3 amide bonds. The van der Waals surface area contributed by atoms with Gasteiger partial charge in [-0.1, -0.05) is 30.7 Å². The number of fused-ring (bicyclic) bond motifs is 4. The predicted octanol–water partition coefficient (Wildman–Crippen LogP) is 5.07. The number of hydrogen-bond acceptors (Lipinski definition) is 4. The number of urea groups is 1. The molecule has 6 rings (SSSR count). The molecule has 0 radical (unpaired) electrons. The van der Waals surface area contributed by atoms with Crippen molar-refractivity contribution in [3.8, 4) is 5.75 Å². The Morgan fingerprint density at radius 2 is 1.92 bits per heavy atom. The summed E-state index contributed by atoms with van der Waals surface area (Å²) in [6, 6.07) is 8.63. The average molecular weight is 525 g/mol. The Kier molecular flexibility index (Phi) is 5.73. The van der Waals surface area contributed by atoms with E-state index < -0.39 is 17.4 Å². The van der Waals surface area contributed by atoms with Gasteiger partial charge in [-0.2, -0.15) is 0 Å². The molecule has 194 valence electrons. The molecule has 0 spiro atoms. The summed E-state index contributed by atoms with van der Waals surface area (Å²) in [6.45, 7) is 6.98. The summed E-state index contributed by atoms with van der Waals surface area (Å²) in [5, 5.41) is 11.0. The minimum Gasteiger partial charge on any atom is -0.508 e. The van der Waals surface area contributed by atoms with Crippen LogP contribution in [-0.4, -0.2) is 68.4 Å². The van der Waals surface area contributed by atoms with E-state index in [1.807, 2.05) is 6.07 Å². The maximum absolute atomic E-state index is 14.3. The molecule has 9 heteroatoms. The number of aromatic nitrogens is 1. The van der Waals surface area contributed by atoms with Crippen LogP contribution in [0.25, 0.3) is 10.9 Å². The van der Waals surface area contributed by atoms with E-state index in [4.69, 9.17) is 11.6 Å². The second-order valence-corrected chi connectivity index (χ2v) is 11.3. The van der Waals surface area contributed by atoms with Crippen molar-refractivity contribution in [1.82, 2.24) is 19.7 Å². The third-order valence-corrected chi connectivity index (χ3v) is 8.70. The molecule has 0 unspecified atom stereocenters. The van der Waals surface area contributed by atoms with E-state index in [0.29, 0.717) is 35.8 Å². The van der Waals surface area contributed by atoms with Crippen molar-refractivity contribution in [2.75, 3.05) is 26.2 Å². The lowest BCUT2D eigenvalue weighted by atomic mass is 9.81. The zero-order valence-electron chi connectivity index (χ0n) is 20.9. The monoisotopic (exact) mass is 524 g/mol. The number of phenols is 1. The summed E-state index contributed by atoms with van der Waals surface area (Å²) in [4.78, 5) is 36.5. The van der Waals surface area contributed by atoms with Gasteiger partial charge in [0.05, 0.1) is 5.02 Å². The van der Waals surface area contributed by atoms with Crippen molar-refractivity contribution in [1.29, 1.82) is 0 Å². The van der Waals surface area contributed by atoms with Crippen LogP contribution in [0.15, 0.2) is 36.4 Å². The highest BCUT2D eigenvalue weighted by Crippen LogP contribution is 2.49. The molecular weight excluding hydrogens is 495 g/mol. The molecule has 0 aliphatic carbocycles. The van der Waals surface area contributed by atoms with Gasteiger partial charge < -0.3 is 15.0 Å². The molecule has 4 heterocycles. The number of carbonyl (C=O) groups excluding carboxylic acids is 2. The number of aromatic hydroxyl groups is 1. The SMILES string of the molecule is CC1CCN(CCN2C(=O)N3[C@H](c4cccc(O)c4)c4[nH]c5cc(F)c(Cl)cc5c4C[C@@]3(C)C2=O)CC1. The number of phenolic OH excluding ortho intramolecular Hbond substituents is 1. The quantitative estimate of drug-likeness (QED) is 0.467. The van der Waals surface area contributed by atoms with Gasteiger partial charge in [-0.15, -0.1) is 0 Å². The number of nitrogens with one attached hydrogen (secondary N) is 1. The van der Waals surface area contributed by atoms with Crippen molar-refractivity contribution in [3.63, 3.8) is 0 Å². The lowest BCUT2D eigenvalue weighted by molar-refractivity contribution is -0.133. The first-order chi connectivity index (χ1) is 17.7. The first kappa shape index (κ1) is 24.2. The van der Waals surface area contributed by atoms with Crippen LogP contribution in [0.2, 0.25) is 5.02 Å². The van der Waals surface area contributed by atoms with Crippen molar-refractivity contribution >= 4 is 34.4 Å². The molecule has 2 N–H and O–H groups in total. The molecule has 0 bridgehead atoms. The second kappa shape index (κ2) is 8.74. The van der Waals surface area contributed by atoms with Crippen molar-refractivity contribution < 1.29 is 19.1 Å². The number of carbonyl (C=O) groups is 2. The summed E-state index contributed by atoms with van der Waals surface area (Å²) in [5.41, 5.74) is 1.62. The van der Waals surface area contributed by atoms with Crippen molar-refractivity contribution in [2.45, 2.75) is 44.7 Å². The van der Waals surface area contributed by atoms with Gasteiger partial charge in [0.15, 0.2) is 0 Å². The number of rotatable bonds is 4. The molecule has 2 fully saturated rings. The van der Waals surface area contributed by atoms with Crippen molar-refractivity contribution in [2.24, 2.45) is 5.92 Å². The normalized spacial score (nSPS) is 24.7. The number of likely N-dealkylation sites (tertiary alicyclic amines) is 1. The minimum absolute atomic E-state index is 0.00193. The van der Waals surface area contributed by atoms with E-state index in [9.17, 15) is 19.1 Å². The number of H-pyrrole nitrogens is 1. The molecule has 3 aromatic rings. The zero-order valence-corrected chi connectivity index (χ0v) is 21.7. The van der Waals surface area contributed by atoms with Crippen LogP contribution in [-0.2, 0) is 11.2 Å². The highest BCUT2D eigenvalue weighted by atomic mass is 35.5. The molecule has 3 aliphatic heterocycles. The number of piperidine rings is 1. The number of amides is 3. The Morgan fingerprint density at radius 1 is 1.16 bits per heavy atom. The van der Waals surface area contributed by atoms with Gasteiger partial charge in [0.1, 0.15) is 23.1 Å². The molecule has 37 heavy (non-hydrogen) atoms. The number of nitrogens with zero attached hydrogens (tertiary/aromatic N) is 3. The number of benzene rings is 2. The number of imide groups is 1. The van der Waals surface area contributed by atoms with Crippen molar-refractivity contribution in [3.05, 3.63) is 64.1 Å². The van der Waals surface area contributed by atoms with Crippen LogP contribution in [0.3, 0.4) is 0 Å². The third kappa shape index (κ3) is 3.80. The highest BCUT2D eigenvalue weighted by molar-refractivity contribution is 6.31. The molecule has 7 nitrogen and oxygen atoms in total. The molecule has 2 saturated heterocycles. The molecule has 3 aliphatic rings. The number of halogens is 2. The van der Waals surface area contributed by atoms with E-state index >= 15 is 0 Å². The maximum atomic E-state index is 14.3. The van der Waals surface area contributed by atoms with E-state index in [2.05, 4.69) is 16.8 Å². The molecule has 1 aromatic heterocycles. The fraction of sp³-hybridized carbons (Fsp3) is 0.429. The van der Waals surface area contributed by atoms with Crippen LogP contribution in [0.5, 0.6) is 5.75 Å². The standard InChI is InChI=1S/C28H30ClFN4O3/c1-16-6-8-32(9-7-16)10-11-33-26(36)28(2)15-20-19-13-21(29)22(30)14-23(19)31-24(20)25(34(28)27(33)37)17-4-3-5-18(35)12-17/h3-5,12-14,16,25,31,35H,6-11,15H2,1-2H3/t25-,28+/m1/s1. The topological polar surface area (TPSA) is 79.9 Å². The number of aromatic amines is 1. The van der Waals surface area contributed by atoms with Crippen LogP contribution in [0, 0.1) is 11.7 Å². The van der Waals surface area contributed by atoms with E-state index in [1.165, 1.54) is 11.0 Å². The summed E-state index contributed by atoms with van der Waals surface area (Å²) in [5.74, 6) is -0.0150. The maximum Gasteiger partial charge on any atom is 0.328 e. The van der Waals surface area contributed by atoms with E-state index in [1.54, 1.807) is 36.1 Å². The molecule has 0 saturated carbocycles. The Hall–Kier alpha value is -3.10. The Morgan fingerprint density at radius 3 is 2.65 bits per heavy atom. The van der Waals surface area contributed by atoms with Gasteiger partial charge in [-0.3, -0.25) is 14.6 Å².